The lowest BCUT2D eigenvalue weighted by Crippen LogP contribution is -2.47. The third kappa shape index (κ3) is 5.66. The van der Waals surface area contributed by atoms with Gasteiger partial charge in [0.15, 0.2) is 5.76 Å². The van der Waals surface area contributed by atoms with Gasteiger partial charge in [-0.3, -0.25) is 4.90 Å². The smallest absolute Gasteiger partial charge is 0.259 e. The first-order valence-corrected chi connectivity index (χ1v) is 12.1. The Bertz CT molecular complexity index is 1250. The van der Waals surface area contributed by atoms with Crippen molar-refractivity contribution in [3.63, 3.8) is 0 Å². The average Bonchev–Trinajstić information content (AvgIpc) is 3.55. The zero-order valence-electron chi connectivity index (χ0n) is 20.7. The highest BCUT2D eigenvalue weighted by Crippen LogP contribution is 2.21. The molecule has 12 nitrogen and oxygen atoms in total. The summed E-state index contributed by atoms with van der Waals surface area (Å²) in [6.45, 7) is 7.11. The van der Waals surface area contributed by atoms with Gasteiger partial charge in [0, 0.05) is 51.5 Å². The SMILES string of the molecule is CN(C)CCOc1ccc(N2CCN(CCNc3nc(N)n4nc(-c5ccco5)nc4n3)CC2)cc1. The van der Waals surface area contributed by atoms with E-state index in [1.165, 1.54) is 10.2 Å². The number of nitrogen functional groups attached to an aromatic ring is 1. The van der Waals surface area contributed by atoms with Gasteiger partial charge in [-0.2, -0.15) is 19.5 Å². The molecular formula is C24H32N10O2. The van der Waals surface area contributed by atoms with Crippen molar-refractivity contribution >= 4 is 23.4 Å². The Morgan fingerprint density at radius 3 is 2.58 bits per heavy atom. The molecule has 4 aromatic rings. The van der Waals surface area contributed by atoms with E-state index in [0.717, 1.165) is 45.0 Å². The highest BCUT2D eigenvalue weighted by Gasteiger charge is 2.18. The average molecular weight is 493 g/mol. The monoisotopic (exact) mass is 492 g/mol. The topological polar surface area (TPSA) is 126 Å². The number of hydrogen-bond acceptors (Lipinski definition) is 11. The number of nitrogens with one attached hydrogen (secondary N) is 1. The van der Waals surface area contributed by atoms with Crippen molar-refractivity contribution in [2.24, 2.45) is 0 Å². The summed E-state index contributed by atoms with van der Waals surface area (Å²) in [6, 6.07) is 12.0. The Kier molecular flexibility index (Phi) is 7.14. The third-order valence-corrected chi connectivity index (χ3v) is 6.07. The summed E-state index contributed by atoms with van der Waals surface area (Å²) < 4.78 is 12.6. The number of anilines is 3. The molecule has 190 valence electrons. The molecule has 5 rings (SSSR count). The molecule has 0 amide bonds. The molecule has 1 aliphatic rings. The van der Waals surface area contributed by atoms with Gasteiger partial charge in [-0.05, 0) is 50.5 Å². The Balaban J connectivity index is 1.08. The van der Waals surface area contributed by atoms with E-state index < -0.39 is 0 Å². The van der Waals surface area contributed by atoms with Crippen molar-refractivity contribution in [1.82, 2.24) is 34.4 Å². The quantitative estimate of drug-likeness (QED) is 0.335. The lowest BCUT2D eigenvalue weighted by molar-refractivity contribution is 0.261. The number of fused-ring (bicyclic) bond motifs is 1. The number of nitrogens with zero attached hydrogens (tertiary/aromatic N) is 8. The van der Waals surface area contributed by atoms with Crippen LogP contribution in [0.1, 0.15) is 0 Å². The molecule has 36 heavy (non-hydrogen) atoms. The molecule has 1 aliphatic heterocycles. The van der Waals surface area contributed by atoms with Gasteiger partial charge in [-0.1, -0.05) is 0 Å². The standard InChI is InChI=1S/C24H32N10O2/c1-31(2)15-17-35-19-7-5-18(6-8-19)33-13-11-32(12-14-33)10-9-26-23-28-22(25)34-24(29-23)27-21(30-34)20-4-3-16-36-20/h3-8,16H,9-15,17H2,1-2H3,(H3,25,26,27,28,29,30). The van der Waals surface area contributed by atoms with Crippen LogP contribution in [0.3, 0.4) is 0 Å². The summed E-state index contributed by atoms with van der Waals surface area (Å²) in [5, 5.41) is 7.58. The van der Waals surface area contributed by atoms with Gasteiger partial charge in [0.05, 0.1) is 6.26 Å². The minimum Gasteiger partial charge on any atom is -0.492 e. The maximum absolute atomic E-state index is 6.07. The number of ether oxygens (including phenoxy) is 1. The first-order valence-electron chi connectivity index (χ1n) is 12.1. The lowest BCUT2D eigenvalue weighted by Gasteiger charge is -2.36. The number of furan rings is 1. The van der Waals surface area contributed by atoms with Crippen molar-refractivity contribution in [3.05, 3.63) is 42.7 Å². The summed E-state index contributed by atoms with van der Waals surface area (Å²) in [7, 11) is 4.09. The molecule has 4 heterocycles. The Hall–Kier alpha value is -3.90. The second-order valence-corrected chi connectivity index (χ2v) is 8.93. The van der Waals surface area contributed by atoms with Crippen molar-refractivity contribution in [3.8, 4) is 17.3 Å². The molecule has 1 aromatic carbocycles. The fourth-order valence-electron chi connectivity index (χ4n) is 4.05. The third-order valence-electron chi connectivity index (χ3n) is 6.07. The number of piperazine rings is 1. The van der Waals surface area contributed by atoms with E-state index in [0.29, 0.717) is 36.5 Å². The molecule has 3 N–H and O–H groups in total. The Morgan fingerprint density at radius 2 is 1.86 bits per heavy atom. The van der Waals surface area contributed by atoms with E-state index in [1.54, 1.807) is 18.4 Å². The second kappa shape index (κ2) is 10.8. The summed E-state index contributed by atoms with van der Waals surface area (Å²) in [5.74, 6) is 2.91. The van der Waals surface area contributed by atoms with Crippen molar-refractivity contribution in [1.29, 1.82) is 0 Å². The predicted molar refractivity (Wildman–Crippen MR) is 138 cm³/mol. The molecular weight excluding hydrogens is 460 g/mol. The van der Waals surface area contributed by atoms with E-state index >= 15 is 0 Å². The fourth-order valence-corrected chi connectivity index (χ4v) is 4.05. The molecule has 1 fully saturated rings. The van der Waals surface area contributed by atoms with Gasteiger partial charge in [-0.15, -0.1) is 5.10 Å². The molecule has 0 bridgehead atoms. The van der Waals surface area contributed by atoms with E-state index in [2.05, 4.69) is 64.3 Å². The van der Waals surface area contributed by atoms with Crippen molar-refractivity contribution < 1.29 is 9.15 Å². The Labute approximate surface area is 209 Å². The van der Waals surface area contributed by atoms with Gasteiger partial charge in [0.1, 0.15) is 12.4 Å². The summed E-state index contributed by atoms with van der Waals surface area (Å²) in [5.41, 5.74) is 7.30. The van der Waals surface area contributed by atoms with Crippen molar-refractivity contribution in [2.45, 2.75) is 0 Å². The highest BCUT2D eigenvalue weighted by molar-refractivity contribution is 5.53. The highest BCUT2D eigenvalue weighted by atomic mass is 16.5. The zero-order valence-corrected chi connectivity index (χ0v) is 20.7. The second-order valence-electron chi connectivity index (χ2n) is 8.93. The minimum atomic E-state index is 0.218. The number of aromatic nitrogens is 5. The van der Waals surface area contributed by atoms with Gasteiger partial charge in [-0.25, -0.2) is 0 Å². The molecule has 0 aliphatic carbocycles. The molecule has 1 saturated heterocycles. The number of benzene rings is 1. The van der Waals surface area contributed by atoms with Crippen LogP contribution in [0.5, 0.6) is 5.75 Å². The summed E-state index contributed by atoms with van der Waals surface area (Å²) in [4.78, 5) is 20.1. The molecule has 0 saturated carbocycles. The van der Waals surface area contributed by atoms with Crippen LogP contribution in [-0.4, -0.2) is 101 Å². The molecule has 12 heteroatoms. The maximum Gasteiger partial charge on any atom is 0.259 e. The molecule has 0 spiro atoms. The lowest BCUT2D eigenvalue weighted by atomic mass is 10.2. The number of likely N-dealkylation sites (N-methyl/N-ethyl adjacent to an activating group) is 1. The summed E-state index contributed by atoms with van der Waals surface area (Å²) >= 11 is 0. The first kappa shape index (κ1) is 23.8. The molecule has 0 radical (unpaired) electrons. The molecule has 3 aromatic heterocycles. The van der Waals surface area contributed by atoms with Crippen LogP contribution >= 0.6 is 0 Å². The largest absolute Gasteiger partial charge is 0.492 e. The van der Waals surface area contributed by atoms with Gasteiger partial charge >= 0.3 is 0 Å². The van der Waals surface area contributed by atoms with E-state index in [9.17, 15) is 0 Å². The molecule has 0 unspecified atom stereocenters. The molecule has 0 atom stereocenters. The normalized spacial score (nSPS) is 14.6. The van der Waals surface area contributed by atoms with Crippen LogP contribution in [0, 0.1) is 0 Å². The number of hydrogen-bond donors (Lipinski definition) is 2. The van der Waals surface area contributed by atoms with Gasteiger partial charge in [0.2, 0.25) is 17.7 Å². The van der Waals surface area contributed by atoms with Gasteiger partial charge in [0.25, 0.3) is 5.78 Å². The predicted octanol–water partition coefficient (Wildman–Crippen LogP) is 1.54. The van der Waals surface area contributed by atoms with Crippen LogP contribution < -0.4 is 20.7 Å². The van der Waals surface area contributed by atoms with Gasteiger partial charge < -0.3 is 30.0 Å². The van der Waals surface area contributed by atoms with Crippen LogP contribution in [0.2, 0.25) is 0 Å². The van der Waals surface area contributed by atoms with E-state index in [-0.39, 0.29) is 5.95 Å². The van der Waals surface area contributed by atoms with E-state index in [4.69, 9.17) is 14.9 Å². The number of nitrogens with two attached hydrogens (primary N) is 1. The van der Waals surface area contributed by atoms with E-state index in [1.807, 2.05) is 14.1 Å². The summed E-state index contributed by atoms with van der Waals surface area (Å²) in [6.07, 6.45) is 1.57. The van der Waals surface area contributed by atoms with Crippen LogP contribution in [-0.2, 0) is 0 Å². The minimum absolute atomic E-state index is 0.218. The fraction of sp³-hybridized carbons (Fsp3) is 0.417. The van der Waals surface area contributed by atoms with Crippen LogP contribution in [0.15, 0.2) is 47.1 Å². The number of rotatable bonds is 10. The van der Waals surface area contributed by atoms with Crippen LogP contribution in [0.25, 0.3) is 17.4 Å². The Morgan fingerprint density at radius 1 is 1.06 bits per heavy atom. The van der Waals surface area contributed by atoms with Crippen LogP contribution in [0.4, 0.5) is 17.6 Å². The maximum atomic E-state index is 6.07. The first-order chi connectivity index (χ1) is 17.5. The zero-order chi connectivity index (χ0) is 24.9. The van der Waals surface area contributed by atoms with Crippen molar-refractivity contribution in [2.75, 3.05) is 82.5 Å².